The van der Waals surface area contributed by atoms with Gasteiger partial charge in [-0.05, 0) is 34.5 Å². The Morgan fingerprint density at radius 2 is 2.06 bits per heavy atom. The van der Waals surface area contributed by atoms with Crippen LogP contribution in [0.2, 0.25) is 0 Å². The van der Waals surface area contributed by atoms with Crippen LogP contribution >= 0.6 is 15.9 Å². The summed E-state index contributed by atoms with van der Waals surface area (Å²) < 4.78 is 26.7. The molecule has 0 atom stereocenters. The van der Waals surface area contributed by atoms with E-state index >= 15 is 0 Å². The predicted molar refractivity (Wildman–Crippen MR) is 67.4 cm³/mol. The van der Waals surface area contributed by atoms with Crippen LogP contribution in [0, 0.1) is 12.3 Å². The van der Waals surface area contributed by atoms with Crippen LogP contribution in [0.1, 0.15) is 12.8 Å². The number of sulfonamides is 1. The first-order valence-corrected chi connectivity index (χ1v) is 7.03. The number of halogens is 1. The van der Waals surface area contributed by atoms with Crippen molar-refractivity contribution in [2.24, 2.45) is 0 Å². The fourth-order valence-electron chi connectivity index (χ4n) is 1.14. The van der Waals surface area contributed by atoms with Crippen molar-refractivity contribution in [3.8, 4) is 12.3 Å². The molecular weight excluding hydrogens is 290 g/mol. The van der Waals surface area contributed by atoms with Gasteiger partial charge < -0.3 is 0 Å². The van der Waals surface area contributed by atoms with Crippen LogP contribution in [-0.4, -0.2) is 15.0 Å². The number of hydrogen-bond donors (Lipinski definition) is 1. The molecule has 0 aliphatic rings. The fourth-order valence-corrected chi connectivity index (χ4v) is 3.21. The highest BCUT2D eigenvalue weighted by Gasteiger charge is 2.15. The second-order valence-electron chi connectivity index (χ2n) is 3.14. The van der Waals surface area contributed by atoms with Gasteiger partial charge in [0.1, 0.15) is 0 Å². The smallest absolute Gasteiger partial charge is 0.211 e. The highest BCUT2D eigenvalue weighted by Crippen LogP contribution is 2.20. The summed E-state index contributed by atoms with van der Waals surface area (Å²) in [6, 6.07) is 6.69. The summed E-state index contributed by atoms with van der Waals surface area (Å²) in [5.74, 6) is 2.46. The maximum absolute atomic E-state index is 11.8. The maximum Gasteiger partial charge on any atom is 0.241 e. The van der Waals surface area contributed by atoms with Crippen molar-refractivity contribution in [3.63, 3.8) is 0 Å². The van der Waals surface area contributed by atoms with Gasteiger partial charge in [0.25, 0.3) is 0 Å². The number of nitrogens with one attached hydrogen (secondary N) is 1. The van der Waals surface area contributed by atoms with Crippen LogP contribution in [-0.2, 0) is 10.0 Å². The molecule has 0 fully saturated rings. The van der Waals surface area contributed by atoms with Crippen molar-refractivity contribution in [2.75, 3.05) is 6.54 Å². The molecule has 0 spiro atoms. The molecular formula is C11H12BrNO2S. The van der Waals surface area contributed by atoms with Gasteiger partial charge in [0.05, 0.1) is 4.90 Å². The summed E-state index contributed by atoms with van der Waals surface area (Å²) >= 11 is 3.20. The summed E-state index contributed by atoms with van der Waals surface area (Å²) in [5.41, 5.74) is 0. The Bertz CT molecular complexity index is 491. The Kier molecular flexibility index (Phi) is 5.00. The lowest BCUT2D eigenvalue weighted by Gasteiger charge is -2.07. The van der Waals surface area contributed by atoms with Crippen molar-refractivity contribution >= 4 is 26.0 Å². The third kappa shape index (κ3) is 3.63. The zero-order chi connectivity index (χ0) is 12.0. The second kappa shape index (κ2) is 6.04. The molecule has 1 aromatic carbocycles. The minimum absolute atomic E-state index is 0.246. The minimum atomic E-state index is -3.44. The average molecular weight is 302 g/mol. The van der Waals surface area contributed by atoms with E-state index in [-0.39, 0.29) is 4.90 Å². The molecule has 1 rings (SSSR count). The Morgan fingerprint density at radius 3 is 2.69 bits per heavy atom. The normalized spacial score (nSPS) is 11.0. The first-order valence-electron chi connectivity index (χ1n) is 4.75. The molecule has 1 aromatic rings. The van der Waals surface area contributed by atoms with Gasteiger partial charge >= 0.3 is 0 Å². The average Bonchev–Trinajstić information content (AvgIpc) is 2.25. The lowest BCUT2D eigenvalue weighted by molar-refractivity contribution is 0.579. The van der Waals surface area contributed by atoms with E-state index in [1.54, 1.807) is 24.3 Å². The summed E-state index contributed by atoms with van der Waals surface area (Å²) in [6.45, 7) is 0.355. The Hall–Kier alpha value is -0.830. The summed E-state index contributed by atoms with van der Waals surface area (Å²) in [5, 5.41) is 0. The zero-order valence-electron chi connectivity index (χ0n) is 8.61. The standard InChI is InChI=1S/C11H12BrNO2S/c1-2-3-6-9-13-16(14,15)11-8-5-4-7-10(11)12/h1,4-5,7-8,13H,3,6,9H2. The molecule has 0 radical (unpaired) electrons. The fraction of sp³-hybridized carbons (Fsp3) is 0.273. The summed E-state index contributed by atoms with van der Waals surface area (Å²) in [4.78, 5) is 0.246. The van der Waals surface area contributed by atoms with Crippen LogP contribution in [0.25, 0.3) is 0 Å². The van der Waals surface area contributed by atoms with Crippen molar-refractivity contribution < 1.29 is 8.42 Å². The Balaban J connectivity index is 2.72. The molecule has 3 nitrogen and oxygen atoms in total. The largest absolute Gasteiger partial charge is 0.241 e. The molecule has 16 heavy (non-hydrogen) atoms. The van der Waals surface area contributed by atoms with Gasteiger partial charge in [0, 0.05) is 17.4 Å². The first kappa shape index (κ1) is 13.2. The van der Waals surface area contributed by atoms with E-state index < -0.39 is 10.0 Å². The van der Waals surface area contributed by atoms with E-state index in [1.165, 1.54) is 0 Å². The number of rotatable bonds is 5. The van der Waals surface area contributed by atoms with Crippen molar-refractivity contribution in [1.82, 2.24) is 4.72 Å². The van der Waals surface area contributed by atoms with Gasteiger partial charge in [0.2, 0.25) is 10.0 Å². The number of hydrogen-bond acceptors (Lipinski definition) is 2. The predicted octanol–water partition coefficient (Wildman–Crippen LogP) is 2.14. The topological polar surface area (TPSA) is 46.2 Å². The molecule has 0 amide bonds. The molecule has 0 unspecified atom stereocenters. The molecule has 0 aliphatic carbocycles. The molecule has 86 valence electrons. The minimum Gasteiger partial charge on any atom is -0.211 e. The molecule has 0 aliphatic heterocycles. The van der Waals surface area contributed by atoms with E-state index in [0.717, 1.165) is 0 Å². The first-order chi connectivity index (χ1) is 7.58. The summed E-state index contributed by atoms with van der Waals surface area (Å²) in [6.07, 6.45) is 6.29. The number of unbranched alkanes of at least 4 members (excludes halogenated alkanes) is 1. The molecule has 1 N–H and O–H groups in total. The zero-order valence-corrected chi connectivity index (χ0v) is 11.0. The Labute approximate surface area is 104 Å². The molecule has 0 heterocycles. The van der Waals surface area contributed by atoms with Gasteiger partial charge in [0.15, 0.2) is 0 Å². The van der Waals surface area contributed by atoms with E-state index in [4.69, 9.17) is 6.42 Å². The van der Waals surface area contributed by atoms with E-state index in [1.807, 2.05) is 0 Å². The molecule has 0 bridgehead atoms. The molecule has 0 aromatic heterocycles. The van der Waals surface area contributed by atoms with Crippen molar-refractivity contribution in [2.45, 2.75) is 17.7 Å². The number of benzene rings is 1. The van der Waals surface area contributed by atoms with Gasteiger partial charge in [-0.2, -0.15) is 0 Å². The van der Waals surface area contributed by atoms with Crippen LogP contribution < -0.4 is 4.72 Å². The maximum atomic E-state index is 11.8. The second-order valence-corrected chi connectivity index (χ2v) is 5.73. The van der Waals surface area contributed by atoms with Gasteiger partial charge in [-0.25, -0.2) is 13.1 Å². The summed E-state index contributed by atoms with van der Waals surface area (Å²) in [7, 11) is -3.44. The van der Waals surface area contributed by atoms with Crippen LogP contribution in [0.3, 0.4) is 0 Å². The van der Waals surface area contributed by atoms with Crippen molar-refractivity contribution in [1.29, 1.82) is 0 Å². The third-order valence-electron chi connectivity index (χ3n) is 1.92. The van der Waals surface area contributed by atoms with Gasteiger partial charge in [-0.1, -0.05) is 12.1 Å². The van der Waals surface area contributed by atoms with E-state index in [2.05, 4.69) is 26.6 Å². The van der Waals surface area contributed by atoms with E-state index in [9.17, 15) is 8.42 Å². The SMILES string of the molecule is C#CCCCNS(=O)(=O)c1ccccc1Br. The van der Waals surface area contributed by atoms with Gasteiger partial charge in [-0.3, -0.25) is 0 Å². The highest BCUT2D eigenvalue weighted by molar-refractivity contribution is 9.10. The van der Waals surface area contributed by atoms with Crippen LogP contribution in [0.15, 0.2) is 33.6 Å². The molecule has 0 saturated carbocycles. The third-order valence-corrected chi connectivity index (χ3v) is 4.39. The van der Waals surface area contributed by atoms with Crippen LogP contribution in [0.4, 0.5) is 0 Å². The van der Waals surface area contributed by atoms with Crippen molar-refractivity contribution in [3.05, 3.63) is 28.7 Å². The lowest BCUT2D eigenvalue weighted by Crippen LogP contribution is -2.25. The van der Waals surface area contributed by atoms with E-state index in [0.29, 0.717) is 23.9 Å². The molecule has 5 heteroatoms. The number of terminal acetylenes is 1. The highest BCUT2D eigenvalue weighted by atomic mass is 79.9. The quantitative estimate of drug-likeness (QED) is 0.669. The monoisotopic (exact) mass is 301 g/mol. The lowest BCUT2D eigenvalue weighted by atomic mass is 10.3. The molecule has 0 saturated heterocycles. The van der Waals surface area contributed by atoms with Crippen LogP contribution in [0.5, 0.6) is 0 Å². The Morgan fingerprint density at radius 1 is 1.38 bits per heavy atom. The van der Waals surface area contributed by atoms with Gasteiger partial charge in [-0.15, -0.1) is 12.3 Å².